The van der Waals surface area contributed by atoms with Gasteiger partial charge >= 0.3 is 0 Å². The van der Waals surface area contributed by atoms with Crippen LogP contribution in [0.4, 0.5) is 0 Å². The van der Waals surface area contributed by atoms with Crippen LogP contribution in [0.3, 0.4) is 0 Å². The monoisotopic (exact) mass is 209 g/mol. The van der Waals surface area contributed by atoms with Crippen molar-refractivity contribution < 1.29 is 0 Å². The van der Waals surface area contributed by atoms with E-state index >= 15 is 0 Å². The van der Waals surface area contributed by atoms with E-state index in [0.717, 1.165) is 12.8 Å². The summed E-state index contributed by atoms with van der Waals surface area (Å²) in [7, 11) is 0. The molecule has 0 spiro atoms. The Bertz CT molecular complexity index is 156. The number of aliphatic imine (C=N–C) groups is 1. The Morgan fingerprint density at radius 1 is 1.25 bits per heavy atom. The molecule has 0 saturated carbocycles. The van der Waals surface area contributed by atoms with Crippen LogP contribution in [0.25, 0.3) is 0 Å². The predicted molar refractivity (Wildman–Crippen MR) is 57.6 cm³/mol. The second-order valence-corrected chi connectivity index (χ2v) is 5.48. The zero-order chi connectivity index (χ0) is 9.83. The quantitative estimate of drug-likeness (QED) is 0.495. The highest BCUT2D eigenvalue weighted by Gasteiger charge is 2.20. The minimum atomic E-state index is -0.790. The van der Waals surface area contributed by atoms with Crippen LogP contribution < -0.4 is 0 Å². The van der Waals surface area contributed by atoms with Gasteiger partial charge in [0.05, 0.1) is 5.54 Å². The van der Waals surface area contributed by atoms with Crippen molar-refractivity contribution in [2.45, 2.75) is 50.4 Å². The van der Waals surface area contributed by atoms with E-state index < -0.39 is 4.33 Å². The minimum absolute atomic E-state index is 0.0945. The molecule has 0 aromatic carbocycles. The van der Waals surface area contributed by atoms with Crippen molar-refractivity contribution in [1.82, 2.24) is 0 Å². The lowest BCUT2D eigenvalue weighted by atomic mass is 10.1. The van der Waals surface area contributed by atoms with Crippen molar-refractivity contribution in [1.29, 1.82) is 0 Å². The zero-order valence-corrected chi connectivity index (χ0v) is 9.71. The first-order valence-electron chi connectivity index (χ1n) is 4.21. The molecule has 0 saturated heterocycles. The molecule has 0 rings (SSSR count). The maximum Gasteiger partial charge on any atom is 0.152 e. The van der Waals surface area contributed by atoms with E-state index in [0.29, 0.717) is 0 Å². The molecular weight excluding hydrogens is 193 g/mol. The first-order valence-corrected chi connectivity index (χ1v) is 4.97. The summed E-state index contributed by atoms with van der Waals surface area (Å²) in [6.45, 7) is 8.09. The minimum Gasteiger partial charge on any atom is -0.289 e. The number of rotatable bonds is 3. The molecule has 1 nitrogen and oxygen atoms in total. The molecule has 0 aromatic heterocycles. The third-order valence-corrected chi connectivity index (χ3v) is 1.80. The predicted octanol–water partition coefficient (Wildman–Crippen LogP) is 3.83. The van der Waals surface area contributed by atoms with Gasteiger partial charge < -0.3 is 0 Å². The van der Waals surface area contributed by atoms with Gasteiger partial charge in [0.25, 0.3) is 0 Å². The van der Waals surface area contributed by atoms with Crippen molar-refractivity contribution in [3.05, 3.63) is 0 Å². The van der Waals surface area contributed by atoms with Crippen molar-refractivity contribution in [3.8, 4) is 0 Å². The molecule has 0 heterocycles. The van der Waals surface area contributed by atoms with Crippen LogP contribution >= 0.6 is 23.2 Å². The van der Waals surface area contributed by atoms with Crippen molar-refractivity contribution >= 4 is 29.4 Å². The van der Waals surface area contributed by atoms with Gasteiger partial charge in [-0.05, 0) is 27.2 Å². The Morgan fingerprint density at radius 2 is 1.75 bits per heavy atom. The lowest BCUT2D eigenvalue weighted by Crippen LogP contribution is -2.18. The Hall–Kier alpha value is 0.250. The number of hydrogen-bond acceptors (Lipinski definition) is 1. The van der Waals surface area contributed by atoms with Crippen LogP contribution in [-0.2, 0) is 0 Å². The molecule has 0 aliphatic heterocycles. The second-order valence-electron chi connectivity index (χ2n) is 3.94. The molecule has 0 bridgehead atoms. The van der Waals surface area contributed by atoms with Crippen LogP contribution in [0.15, 0.2) is 4.99 Å². The van der Waals surface area contributed by atoms with Crippen molar-refractivity contribution in [3.63, 3.8) is 0 Å². The molecule has 0 fully saturated rings. The summed E-state index contributed by atoms with van der Waals surface area (Å²) in [5.74, 6) is 0. The number of hydrogen-bond donors (Lipinski definition) is 0. The molecule has 0 aliphatic rings. The highest BCUT2D eigenvalue weighted by Crippen LogP contribution is 2.25. The SMILES string of the molecule is CCCC(Cl)(Cl)C=NC(C)(C)C. The number of nitrogens with zero attached hydrogens (tertiary/aromatic N) is 1. The van der Waals surface area contributed by atoms with Crippen LogP contribution in [-0.4, -0.2) is 16.1 Å². The molecule has 0 aliphatic carbocycles. The number of alkyl halides is 2. The van der Waals surface area contributed by atoms with Crippen molar-refractivity contribution in [2.24, 2.45) is 4.99 Å². The standard InChI is InChI=1S/C9H17Cl2N/c1-5-6-9(10,11)7-12-8(2,3)4/h7H,5-6H2,1-4H3. The van der Waals surface area contributed by atoms with Gasteiger partial charge in [-0.1, -0.05) is 36.5 Å². The molecule has 72 valence electrons. The van der Waals surface area contributed by atoms with E-state index in [-0.39, 0.29) is 5.54 Å². The Balaban J connectivity index is 4.13. The lowest BCUT2D eigenvalue weighted by Gasteiger charge is -2.17. The molecule has 0 unspecified atom stereocenters. The molecule has 0 atom stereocenters. The van der Waals surface area contributed by atoms with Crippen LogP contribution in [0.2, 0.25) is 0 Å². The van der Waals surface area contributed by atoms with Gasteiger partial charge in [0.15, 0.2) is 4.33 Å². The van der Waals surface area contributed by atoms with Gasteiger partial charge in [0.1, 0.15) is 0 Å². The van der Waals surface area contributed by atoms with E-state index in [4.69, 9.17) is 23.2 Å². The maximum atomic E-state index is 5.96. The van der Waals surface area contributed by atoms with E-state index in [1.807, 2.05) is 27.7 Å². The topological polar surface area (TPSA) is 12.4 Å². The van der Waals surface area contributed by atoms with Gasteiger partial charge in [-0.15, -0.1) is 0 Å². The van der Waals surface area contributed by atoms with E-state index in [1.165, 1.54) is 0 Å². The number of halogens is 2. The molecule has 0 amide bonds. The fraction of sp³-hybridized carbons (Fsp3) is 0.889. The normalized spacial score (nSPS) is 14.2. The summed E-state index contributed by atoms with van der Waals surface area (Å²) in [5.41, 5.74) is -0.0945. The summed E-state index contributed by atoms with van der Waals surface area (Å²) in [6.07, 6.45) is 3.35. The summed E-state index contributed by atoms with van der Waals surface area (Å²) in [5, 5.41) is 0. The molecule has 0 aromatic rings. The summed E-state index contributed by atoms with van der Waals surface area (Å²) < 4.78 is -0.790. The Morgan fingerprint density at radius 3 is 2.08 bits per heavy atom. The van der Waals surface area contributed by atoms with Gasteiger partial charge in [-0.3, -0.25) is 4.99 Å². The fourth-order valence-electron chi connectivity index (χ4n) is 0.686. The highest BCUT2D eigenvalue weighted by atomic mass is 35.5. The average molecular weight is 210 g/mol. The molecule has 0 radical (unpaired) electrons. The average Bonchev–Trinajstić information content (AvgIpc) is 1.83. The third kappa shape index (κ3) is 6.93. The first kappa shape index (κ1) is 12.2. The van der Waals surface area contributed by atoms with E-state index in [2.05, 4.69) is 4.99 Å². The van der Waals surface area contributed by atoms with E-state index in [1.54, 1.807) is 6.21 Å². The fourth-order valence-corrected chi connectivity index (χ4v) is 1.16. The summed E-state index contributed by atoms with van der Waals surface area (Å²) in [4.78, 5) is 4.26. The maximum absolute atomic E-state index is 5.96. The zero-order valence-electron chi connectivity index (χ0n) is 8.19. The van der Waals surface area contributed by atoms with Crippen LogP contribution in [0.1, 0.15) is 40.5 Å². The second kappa shape index (κ2) is 4.48. The lowest BCUT2D eigenvalue weighted by molar-refractivity contribution is 0.583. The Labute approximate surface area is 85.2 Å². The van der Waals surface area contributed by atoms with Crippen molar-refractivity contribution in [2.75, 3.05) is 0 Å². The molecule has 12 heavy (non-hydrogen) atoms. The molecular formula is C9H17Cl2N. The molecule has 3 heteroatoms. The van der Waals surface area contributed by atoms with Gasteiger partial charge in [-0.25, -0.2) is 0 Å². The van der Waals surface area contributed by atoms with Crippen LogP contribution in [0.5, 0.6) is 0 Å². The van der Waals surface area contributed by atoms with Gasteiger partial charge in [0, 0.05) is 6.21 Å². The largest absolute Gasteiger partial charge is 0.289 e. The summed E-state index contributed by atoms with van der Waals surface area (Å²) in [6, 6.07) is 0. The van der Waals surface area contributed by atoms with Gasteiger partial charge in [0.2, 0.25) is 0 Å². The van der Waals surface area contributed by atoms with E-state index in [9.17, 15) is 0 Å². The van der Waals surface area contributed by atoms with Gasteiger partial charge in [-0.2, -0.15) is 0 Å². The van der Waals surface area contributed by atoms with Crippen LogP contribution in [0, 0.1) is 0 Å². The third-order valence-electron chi connectivity index (χ3n) is 1.22. The smallest absolute Gasteiger partial charge is 0.152 e. The summed E-state index contributed by atoms with van der Waals surface area (Å²) >= 11 is 11.9. The molecule has 0 N–H and O–H groups in total. The highest BCUT2D eigenvalue weighted by molar-refractivity contribution is 6.56. The first-order chi connectivity index (χ1) is 5.27. The Kier molecular flexibility index (Phi) is 4.57.